The van der Waals surface area contributed by atoms with Crippen molar-refractivity contribution in [2.24, 2.45) is 0 Å². The first-order valence-corrected chi connectivity index (χ1v) is 7.75. The van der Waals surface area contributed by atoms with E-state index < -0.39 is 0 Å². The van der Waals surface area contributed by atoms with Crippen LogP contribution in [0.3, 0.4) is 0 Å². The standard InChI is InChI=1S/C13H22BrN3/c1-11(6-8-14)15-10-12-7-9-17(16-12)13-4-2-3-5-13/h7,9,11,13,15H,2-6,8,10H2,1H3. The molecular formula is C13H22BrN3. The maximum atomic E-state index is 4.67. The van der Waals surface area contributed by atoms with Gasteiger partial charge in [-0.1, -0.05) is 28.8 Å². The Hall–Kier alpha value is -0.350. The van der Waals surface area contributed by atoms with Gasteiger partial charge in [-0.3, -0.25) is 4.68 Å². The van der Waals surface area contributed by atoms with Crippen LogP contribution in [0.25, 0.3) is 0 Å². The fourth-order valence-electron chi connectivity index (χ4n) is 2.39. The lowest BCUT2D eigenvalue weighted by Gasteiger charge is -2.11. The minimum absolute atomic E-state index is 0.547. The molecule has 0 saturated heterocycles. The van der Waals surface area contributed by atoms with Crippen LogP contribution in [-0.2, 0) is 6.54 Å². The molecule has 1 aliphatic carbocycles. The van der Waals surface area contributed by atoms with Gasteiger partial charge in [-0.25, -0.2) is 0 Å². The minimum atomic E-state index is 0.547. The van der Waals surface area contributed by atoms with E-state index in [1.165, 1.54) is 31.4 Å². The van der Waals surface area contributed by atoms with Crippen LogP contribution < -0.4 is 5.32 Å². The molecule has 1 saturated carbocycles. The smallest absolute Gasteiger partial charge is 0.0762 e. The number of nitrogens with one attached hydrogen (secondary N) is 1. The highest BCUT2D eigenvalue weighted by Gasteiger charge is 2.17. The van der Waals surface area contributed by atoms with Crippen LogP contribution in [0.4, 0.5) is 0 Å². The van der Waals surface area contributed by atoms with E-state index in [9.17, 15) is 0 Å². The van der Waals surface area contributed by atoms with Crippen molar-refractivity contribution in [3.8, 4) is 0 Å². The van der Waals surface area contributed by atoms with Crippen LogP contribution in [0, 0.1) is 0 Å². The van der Waals surface area contributed by atoms with Crippen molar-refractivity contribution in [2.75, 3.05) is 5.33 Å². The first kappa shape index (κ1) is 13.1. The highest BCUT2D eigenvalue weighted by atomic mass is 79.9. The largest absolute Gasteiger partial charge is 0.309 e. The summed E-state index contributed by atoms with van der Waals surface area (Å²) in [6, 6.07) is 3.35. The van der Waals surface area contributed by atoms with Crippen molar-refractivity contribution in [1.82, 2.24) is 15.1 Å². The Labute approximate surface area is 112 Å². The first-order valence-electron chi connectivity index (χ1n) is 6.63. The second-order valence-corrected chi connectivity index (χ2v) is 5.78. The molecule has 0 spiro atoms. The molecule has 1 aromatic rings. The summed E-state index contributed by atoms with van der Waals surface area (Å²) in [5.74, 6) is 0. The number of halogens is 1. The molecule has 1 N–H and O–H groups in total. The second-order valence-electron chi connectivity index (χ2n) is 4.98. The highest BCUT2D eigenvalue weighted by molar-refractivity contribution is 9.09. The molecule has 3 nitrogen and oxygen atoms in total. The number of aromatic nitrogens is 2. The van der Waals surface area contributed by atoms with Crippen molar-refractivity contribution >= 4 is 15.9 Å². The summed E-state index contributed by atoms with van der Waals surface area (Å²) < 4.78 is 2.17. The third kappa shape index (κ3) is 3.81. The van der Waals surface area contributed by atoms with E-state index in [2.05, 4.69) is 50.2 Å². The van der Waals surface area contributed by atoms with Crippen molar-refractivity contribution < 1.29 is 0 Å². The van der Waals surface area contributed by atoms with Gasteiger partial charge in [0.05, 0.1) is 11.7 Å². The van der Waals surface area contributed by atoms with Gasteiger partial charge in [0.15, 0.2) is 0 Å². The van der Waals surface area contributed by atoms with Gasteiger partial charge < -0.3 is 5.32 Å². The second kappa shape index (κ2) is 6.55. The molecule has 0 bridgehead atoms. The van der Waals surface area contributed by atoms with Crippen LogP contribution >= 0.6 is 15.9 Å². The topological polar surface area (TPSA) is 29.9 Å². The molecular weight excluding hydrogens is 278 g/mol. The predicted molar refractivity (Wildman–Crippen MR) is 74.4 cm³/mol. The fourth-order valence-corrected chi connectivity index (χ4v) is 3.08. The Morgan fingerprint density at radius 2 is 2.29 bits per heavy atom. The Morgan fingerprint density at radius 3 is 3.00 bits per heavy atom. The molecule has 4 heteroatoms. The summed E-state index contributed by atoms with van der Waals surface area (Å²) in [6.45, 7) is 3.10. The summed E-state index contributed by atoms with van der Waals surface area (Å²) >= 11 is 3.47. The van der Waals surface area contributed by atoms with Crippen molar-refractivity contribution in [3.63, 3.8) is 0 Å². The lowest BCUT2D eigenvalue weighted by Crippen LogP contribution is -2.26. The molecule has 1 fully saturated rings. The Bertz CT molecular complexity index is 331. The van der Waals surface area contributed by atoms with Gasteiger partial charge in [0, 0.05) is 24.1 Å². The summed E-state index contributed by atoms with van der Waals surface area (Å²) in [5.41, 5.74) is 1.17. The third-order valence-corrected chi connectivity index (χ3v) is 3.99. The van der Waals surface area contributed by atoms with Gasteiger partial charge in [-0.2, -0.15) is 5.10 Å². The zero-order valence-corrected chi connectivity index (χ0v) is 12.1. The lowest BCUT2D eigenvalue weighted by atomic mass is 10.2. The molecule has 1 aliphatic rings. The normalized spacial score (nSPS) is 18.7. The van der Waals surface area contributed by atoms with E-state index in [0.29, 0.717) is 12.1 Å². The lowest BCUT2D eigenvalue weighted by molar-refractivity contribution is 0.456. The van der Waals surface area contributed by atoms with E-state index in [0.717, 1.165) is 18.3 Å². The zero-order chi connectivity index (χ0) is 12.1. The van der Waals surface area contributed by atoms with E-state index in [-0.39, 0.29) is 0 Å². The van der Waals surface area contributed by atoms with Crippen LogP contribution in [0.5, 0.6) is 0 Å². The van der Waals surface area contributed by atoms with Gasteiger partial charge in [-0.05, 0) is 32.3 Å². The predicted octanol–water partition coefficient (Wildman–Crippen LogP) is 3.26. The molecule has 0 aliphatic heterocycles. The zero-order valence-electron chi connectivity index (χ0n) is 10.5. The van der Waals surface area contributed by atoms with E-state index in [1.54, 1.807) is 0 Å². The Morgan fingerprint density at radius 1 is 1.53 bits per heavy atom. The third-order valence-electron chi connectivity index (χ3n) is 3.54. The molecule has 1 atom stereocenters. The highest BCUT2D eigenvalue weighted by Crippen LogP contribution is 2.28. The number of nitrogens with zero attached hydrogens (tertiary/aromatic N) is 2. The summed E-state index contributed by atoms with van der Waals surface area (Å²) in [7, 11) is 0. The van der Waals surface area contributed by atoms with E-state index >= 15 is 0 Å². The van der Waals surface area contributed by atoms with Crippen molar-refractivity contribution in [3.05, 3.63) is 18.0 Å². The molecule has 1 unspecified atom stereocenters. The van der Waals surface area contributed by atoms with Gasteiger partial charge in [-0.15, -0.1) is 0 Å². The van der Waals surface area contributed by atoms with Gasteiger partial charge in [0.2, 0.25) is 0 Å². The molecule has 96 valence electrons. The summed E-state index contributed by atoms with van der Waals surface area (Å²) in [4.78, 5) is 0. The van der Waals surface area contributed by atoms with Gasteiger partial charge >= 0.3 is 0 Å². The van der Waals surface area contributed by atoms with Crippen LogP contribution in [0.2, 0.25) is 0 Å². The summed E-state index contributed by atoms with van der Waals surface area (Å²) in [6.07, 6.45) is 8.62. The maximum absolute atomic E-state index is 4.67. The number of hydrogen-bond donors (Lipinski definition) is 1. The van der Waals surface area contributed by atoms with Gasteiger partial charge in [0.25, 0.3) is 0 Å². The molecule has 2 rings (SSSR count). The van der Waals surface area contributed by atoms with Crippen LogP contribution in [0.1, 0.15) is 50.8 Å². The Kier molecular flexibility index (Phi) is 5.04. The Balaban J connectivity index is 1.81. The molecule has 1 aromatic heterocycles. The monoisotopic (exact) mass is 299 g/mol. The SMILES string of the molecule is CC(CCBr)NCc1ccn(C2CCCC2)n1. The molecule has 1 heterocycles. The molecule has 0 amide bonds. The quantitative estimate of drug-likeness (QED) is 0.817. The number of hydrogen-bond acceptors (Lipinski definition) is 2. The fraction of sp³-hybridized carbons (Fsp3) is 0.769. The number of rotatable bonds is 6. The number of alkyl halides is 1. The average molecular weight is 300 g/mol. The van der Waals surface area contributed by atoms with E-state index in [4.69, 9.17) is 0 Å². The summed E-state index contributed by atoms with van der Waals surface area (Å²) in [5, 5.41) is 9.22. The van der Waals surface area contributed by atoms with Crippen molar-refractivity contribution in [2.45, 2.75) is 57.7 Å². The molecule has 0 radical (unpaired) electrons. The minimum Gasteiger partial charge on any atom is -0.309 e. The van der Waals surface area contributed by atoms with Gasteiger partial charge in [0.1, 0.15) is 0 Å². The van der Waals surface area contributed by atoms with Crippen molar-refractivity contribution in [1.29, 1.82) is 0 Å². The molecule has 17 heavy (non-hydrogen) atoms. The van der Waals surface area contributed by atoms with Crippen LogP contribution in [-0.4, -0.2) is 21.2 Å². The van der Waals surface area contributed by atoms with E-state index in [1.807, 2.05) is 0 Å². The molecule has 0 aromatic carbocycles. The van der Waals surface area contributed by atoms with Crippen LogP contribution in [0.15, 0.2) is 12.3 Å². The first-order chi connectivity index (χ1) is 8.29. The average Bonchev–Trinajstić information content (AvgIpc) is 2.97. The maximum Gasteiger partial charge on any atom is 0.0762 e.